The highest BCUT2D eigenvalue weighted by Crippen LogP contribution is 2.58. The molecule has 1 amide bonds. The SMILES string of the molecule is O=C(OC(c1ccccc1)c1ccccc1)[C@@H]1[C@H](C(=O)c2ccc(Cl)cc2)[C@@]2(C(=O)Nc3ccccc32)[C@H]2C=Cc3ccccc3N12. The van der Waals surface area contributed by atoms with E-state index in [0.29, 0.717) is 21.8 Å². The largest absolute Gasteiger partial charge is 0.451 e. The van der Waals surface area contributed by atoms with Gasteiger partial charge in [-0.15, -0.1) is 0 Å². The first kappa shape index (κ1) is 29.0. The fourth-order valence-corrected chi connectivity index (χ4v) is 7.78. The van der Waals surface area contributed by atoms with Crippen LogP contribution in [0.3, 0.4) is 0 Å². The Morgan fingerprint density at radius 1 is 0.766 bits per heavy atom. The summed E-state index contributed by atoms with van der Waals surface area (Å²) in [6.45, 7) is 0. The lowest BCUT2D eigenvalue weighted by molar-refractivity contribution is -0.150. The number of carbonyl (C=O) groups excluding carboxylic acids is 3. The molecule has 4 atom stereocenters. The molecule has 1 N–H and O–H groups in total. The van der Waals surface area contributed by atoms with E-state index in [9.17, 15) is 9.59 Å². The van der Waals surface area contributed by atoms with Crippen molar-refractivity contribution in [2.45, 2.75) is 23.6 Å². The quantitative estimate of drug-likeness (QED) is 0.153. The molecule has 1 saturated heterocycles. The number of ether oxygens (including phenoxy) is 1. The molecule has 1 fully saturated rings. The van der Waals surface area contributed by atoms with Crippen molar-refractivity contribution in [3.63, 3.8) is 0 Å². The second-order valence-electron chi connectivity index (χ2n) is 12.1. The Bertz CT molecular complexity index is 2010. The number of amides is 1. The van der Waals surface area contributed by atoms with Crippen LogP contribution in [0.2, 0.25) is 5.02 Å². The van der Waals surface area contributed by atoms with Gasteiger partial charge in [0.05, 0.1) is 12.0 Å². The zero-order chi connectivity index (χ0) is 32.1. The van der Waals surface area contributed by atoms with Gasteiger partial charge in [0, 0.05) is 22.0 Å². The summed E-state index contributed by atoms with van der Waals surface area (Å²) in [4.78, 5) is 46.5. The van der Waals surface area contributed by atoms with Crippen molar-refractivity contribution < 1.29 is 19.1 Å². The van der Waals surface area contributed by atoms with E-state index in [0.717, 1.165) is 22.4 Å². The highest BCUT2D eigenvalue weighted by Gasteiger charge is 2.71. The summed E-state index contributed by atoms with van der Waals surface area (Å²) in [6, 6.07) is 39.0. The molecule has 0 saturated carbocycles. The van der Waals surface area contributed by atoms with Gasteiger partial charge in [0.1, 0.15) is 11.5 Å². The number of nitrogens with zero attached hydrogens (tertiary/aromatic N) is 1. The zero-order valence-electron chi connectivity index (χ0n) is 25.1. The molecule has 0 aliphatic carbocycles. The van der Waals surface area contributed by atoms with Gasteiger partial charge in [0.15, 0.2) is 11.9 Å². The van der Waals surface area contributed by atoms with E-state index in [1.165, 1.54) is 0 Å². The van der Waals surface area contributed by atoms with E-state index >= 15 is 4.79 Å². The van der Waals surface area contributed by atoms with Gasteiger partial charge in [0.25, 0.3) is 0 Å². The molecule has 7 heteroatoms. The lowest BCUT2D eigenvalue weighted by Crippen LogP contribution is -2.51. The summed E-state index contributed by atoms with van der Waals surface area (Å²) in [6.07, 6.45) is 3.18. The molecule has 3 heterocycles. The Morgan fingerprint density at radius 2 is 1.38 bits per heavy atom. The molecular weight excluding hydrogens is 608 g/mol. The maximum Gasteiger partial charge on any atom is 0.330 e. The van der Waals surface area contributed by atoms with E-state index in [4.69, 9.17) is 16.3 Å². The number of anilines is 2. The van der Waals surface area contributed by atoms with Gasteiger partial charge in [-0.25, -0.2) is 4.79 Å². The molecule has 3 aliphatic heterocycles. The van der Waals surface area contributed by atoms with Crippen LogP contribution in [-0.4, -0.2) is 29.7 Å². The maximum absolute atomic E-state index is 15.0. The minimum absolute atomic E-state index is 0.331. The van der Waals surface area contributed by atoms with Gasteiger partial charge in [-0.3, -0.25) is 9.59 Å². The molecule has 0 bridgehead atoms. The third kappa shape index (κ3) is 4.51. The van der Waals surface area contributed by atoms with Crippen molar-refractivity contribution in [1.82, 2.24) is 0 Å². The number of rotatable bonds is 6. The summed E-state index contributed by atoms with van der Waals surface area (Å²) < 4.78 is 6.52. The fourth-order valence-electron chi connectivity index (χ4n) is 7.66. The topological polar surface area (TPSA) is 75.7 Å². The number of para-hydroxylation sites is 2. The highest BCUT2D eigenvalue weighted by atomic mass is 35.5. The van der Waals surface area contributed by atoms with Crippen molar-refractivity contribution in [1.29, 1.82) is 0 Å². The van der Waals surface area contributed by atoms with Crippen molar-refractivity contribution in [3.05, 3.63) is 172 Å². The first-order valence-corrected chi connectivity index (χ1v) is 15.9. The third-order valence-corrected chi connectivity index (χ3v) is 9.89. The van der Waals surface area contributed by atoms with E-state index in [1.807, 2.05) is 126 Å². The summed E-state index contributed by atoms with van der Waals surface area (Å²) in [5, 5.41) is 3.54. The Morgan fingerprint density at radius 3 is 2.09 bits per heavy atom. The van der Waals surface area contributed by atoms with E-state index in [-0.39, 0.29) is 11.7 Å². The monoisotopic (exact) mass is 636 g/mol. The van der Waals surface area contributed by atoms with Crippen LogP contribution in [0.4, 0.5) is 11.4 Å². The molecule has 5 aromatic carbocycles. The van der Waals surface area contributed by atoms with Gasteiger partial charge in [-0.2, -0.15) is 0 Å². The van der Waals surface area contributed by atoms with Crippen LogP contribution >= 0.6 is 11.6 Å². The smallest absolute Gasteiger partial charge is 0.330 e. The minimum atomic E-state index is -1.43. The number of halogens is 1. The molecule has 6 nitrogen and oxygen atoms in total. The molecule has 5 aromatic rings. The lowest BCUT2D eigenvalue weighted by Gasteiger charge is -2.37. The molecule has 1 spiro atoms. The minimum Gasteiger partial charge on any atom is -0.451 e. The molecule has 0 unspecified atom stereocenters. The molecule has 230 valence electrons. The van der Waals surface area contributed by atoms with Crippen molar-refractivity contribution in [2.75, 3.05) is 10.2 Å². The molecular formula is C40H29ClN2O4. The number of Topliss-reactive ketones (excluding diaryl/α,β-unsaturated/α-hetero) is 1. The number of esters is 1. The maximum atomic E-state index is 15.0. The second kappa shape index (κ2) is 11.4. The standard InChI is InChI=1S/C40H29ClN2O4/c41-29-22-19-26(20-23-29)36(44)34-35(38(45)47-37(27-12-3-1-4-13-27)28-14-5-2-6-15-28)43-32-18-10-7-11-25(32)21-24-33(43)40(34)30-16-8-9-17-31(30)42-39(40)46/h1-24,33-35,37H,(H,42,46)/t33-,34-,35+,40+/m1/s1. The molecule has 0 radical (unpaired) electrons. The number of nitrogens with one attached hydrogen (secondary N) is 1. The normalized spacial score (nSPS) is 22.0. The first-order valence-electron chi connectivity index (χ1n) is 15.5. The Balaban J connectivity index is 1.35. The van der Waals surface area contributed by atoms with Crippen LogP contribution in [-0.2, 0) is 19.7 Å². The number of hydrogen-bond acceptors (Lipinski definition) is 5. The van der Waals surface area contributed by atoms with Gasteiger partial charge in [-0.1, -0.05) is 121 Å². The Hall–Kier alpha value is -5.46. The average molecular weight is 637 g/mol. The molecule has 0 aromatic heterocycles. The van der Waals surface area contributed by atoms with Crippen LogP contribution < -0.4 is 10.2 Å². The summed E-state index contributed by atoms with van der Waals surface area (Å²) in [7, 11) is 0. The van der Waals surface area contributed by atoms with Gasteiger partial charge < -0.3 is 15.0 Å². The number of fused-ring (bicyclic) bond motifs is 6. The van der Waals surface area contributed by atoms with Crippen molar-refractivity contribution >= 4 is 46.7 Å². The Kier molecular flexibility index (Phi) is 7.03. The van der Waals surface area contributed by atoms with Crippen LogP contribution in [0.1, 0.15) is 38.7 Å². The number of benzene rings is 5. The van der Waals surface area contributed by atoms with Crippen molar-refractivity contribution in [3.8, 4) is 0 Å². The van der Waals surface area contributed by atoms with Gasteiger partial charge >= 0.3 is 5.97 Å². The van der Waals surface area contributed by atoms with Gasteiger partial charge in [-0.05, 0) is 58.7 Å². The van der Waals surface area contributed by atoms with Crippen LogP contribution in [0.25, 0.3) is 6.08 Å². The van der Waals surface area contributed by atoms with Gasteiger partial charge in [0.2, 0.25) is 5.91 Å². The van der Waals surface area contributed by atoms with Crippen LogP contribution in [0, 0.1) is 5.92 Å². The van der Waals surface area contributed by atoms with E-state index in [2.05, 4.69) is 5.32 Å². The molecule has 47 heavy (non-hydrogen) atoms. The molecule has 8 rings (SSSR count). The summed E-state index contributed by atoms with van der Waals surface area (Å²) >= 11 is 6.23. The second-order valence-corrected chi connectivity index (χ2v) is 12.5. The van der Waals surface area contributed by atoms with Crippen LogP contribution in [0.5, 0.6) is 0 Å². The molecule has 3 aliphatic rings. The third-order valence-electron chi connectivity index (χ3n) is 9.63. The predicted molar refractivity (Wildman–Crippen MR) is 182 cm³/mol. The van der Waals surface area contributed by atoms with Crippen molar-refractivity contribution in [2.24, 2.45) is 5.92 Å². The van der Waals surface area contributed by atoms with E-state index < -0.39 is 35.5 Å². The number of carbonyl (C=O) groups is 3. The first-order chi connectivity index (χ1) is 23.0. The zero-order valence-corrected chi connectivity index (χ0v) is 25.9. The predicted octanol–water partition coefficient (Wildman–Crippen LogP) is 7.65. The number of hydrogen-bond donors (Lipinski definition) is 1. The Labute approximate surface area is 277 Å². The lowest BCUT2D eigenvalue weighted by atomic mass is 9.64. The van der Waals surface area contributed by atoms with Crippen LogP contribution in [0.15, 0.2) is 140 Å². The number of ketones is 1. The fraction of sp³-hybridized carbons (Fsp3) is 0.125. The highest BCUT2D eigenvalue weighted by molar-refractivity contribution is 6.30. The van der Waals surface area contributed by atoms with E-state index in [1.54, 1.807) is 24.3 Å². The summed E-state index contributed by atoms with van der Waals surface area (Å²) in [5.74, 6) is -2.42. The summed E-state index contributed by atoms with van der Waals surface area (Å²) in [5.41, 5.74) is 3.43. The average Bonchev–Trinajstić information content (AvgIpc) is 3.60.